The van der Waals surface area contributed by atoms with Gasteiger partial charge in [0.25, 0.3) is 15.9 Å². The molecule has 0 aromatic heterocycles. The van der Waals surface area contributed by atoms with E-state index in [0.717, 1.165) is 19.3 Å². The van der Waals surface area contributed by atoms with Crippen molar-refractivity contribution >= 4 is 21.6 Å². The first-order chi connectivity index (χ1) is 14.0. The van der Waals surface area contributed by atoms with Crippen LogP contribution in [0.15, 0.2) is 41.3 Å². The molecule has 0 bridgehead atoms. The van der Waals surface area contributed by atoms with Gasteiger partial charge >= 0.3 is 0 Å². The summed E-state index contributed by atoms with van der Waals surface area (Å²) in [5.41, 5.74) is 0.642. The Hall–Kier alpha value is -2.94. The molecule has 1 N–H and O–H groups in total. The Labute approximate surface area is 169 Å². The first-order valence-electron chi connectivity index (χ1n) is 9.38. The van der Waals surface area contributed by atoms with Gasteiger partial charge in [0.1, 0.15) is 10.6 Å². The van der Waals surface area contributed by atoms with E-state index in [2.05, 4.69) is 4.72 Å². The second-order valence-electron chi connectivity index (χ2n) is 6.89. The van der Waals surface area contributed by atoms with E-state index >= 15 is 0 Å². The Morgan fingerprint density at radius 3 is 2.55 bits per heavy atom. The highest BCUT2D eigenvalue weighted by atomic mass is 32.2. The van der Waals surface area contributed by atoms with E-state index < -0.39 is 10.0 Å². The van der Waals surface area contributed by atoms with Crippen molar-refractivity contribution in [2.75, 3.05) is 31.7 Å². The van der Waals surface area contributed by atoms with Gasteiger partial charge in [-0.15, -0.1) is 0 Å². The summed E-state index contributed by atoms with van der Waals surface area (Å²) in [7, 11) is -2.61. The Morgan fingerprint density at radius 1 is 1.03 bits per heavy atom. The van der Waals surface area contributed by atoms with Crippen molar-refractivity contribution in [2.24, 2.45) is 0 Å². The Bertz CT molecular complexity index is 1030. The van der Waals surface area contributed by atoms with Gasteiger partial charge in [-0.2, -0.15) is 0 Å². The van der Waals surface area contributed by atoms with Gasteiger partial charge in [-0.25, -0.2) is 8.42 Å². The van der Waals surface area contributed by atoms with Gasteiger partial charge in [-0.3, -0.25) is 9.52 Å². The van der Waals surface area contributed by atoms with Crippen molar-refractivity contribution in [3.8, 4) is 17.2 Å². The van der Waals surface area contributed by atoms with Gasteiger partial charge in [-0.1, -0.05) is 0 Å². The molecule has 4 rings (SSSR count). The Morgan fingerprint density at radius 2 is 1.79 bits per heavy atom. The van der Waals surface area contributed by atoms with Gasteiger partial charge < -0.3 is 19.1 Å². The number of sulfonamides is 1. The van der Waals surface area contributed by atoms with Crippen molar-refractivity contribution in [3.05, 3.63) is 42.0 Å². The van der Waals surface area contributed by atoms with Crippen LogP contribution in [0, 0.1) is 0 Å². The molecule has 0 atom stereocenters. The van der Waals surface area contributed by atoms with Crippen LogP contribution in [-0.4, -0.2) is 46.2 Å². The minimum atomic E-state index is -4.00. The van der Waals surface area contributed by atoms with Crippen molar-refractivity contribution in [3.63, 3.8) is 0 Å². The number of amides is 1. The normalized spacial score (nSPS) is 15.8. The quantitative estimate of drug-likeness (QED) is 0.803. The maximum absolute atomic E-state index is 13.0. The van der Waals surface area contributed by atoms with E-state index in [1.165, 1.54) is 19.2 Å². The molecular weight excluding hydrogens is 396 g/mol. The number of nitrogens with one attached hydrogen (secondary N) is 1. The smallest absolute Gasteiger partial charge is 0.265 e. The molecule has 2 aliphatic heterocycles. The summed E-state index contributed by atoms with van der Waals surface area (Å²) in [6.07, 6.45) is 3.02. The molecule has 29 heavy (non-hydrogen) atoms. The fourth-order valence-electron chi connectivity index (χ4n) is 3.47. The summed E-state index contributed by atoms with van der Waals surface area (Å²) < 4.78 is 44.4. The number of rotatable bonds is 5. The number of hydrogen-bond acceptors (Lipinski definition) is 6. The number of likely N-dealkylation sites (tertiary alicyclic amines) is 1. The van der Waals surface area contributed by atoms with Gasteiger partial charge in [0.15, 0.2) is 11.5 Å². The van der Waals surface area contributed by atoms with E-state index in [0.29, 0.717) is 35.8 Å². The largest absolute Gasteiger partial charge is 0.495 e. The van der Waals surface area contributed by atoms with Gasteiger partial charge in [0.05, 0.1) is 12.8 Å². The lowest BCUT2D eigenvalue weighted by Gasteiger charge is -2.27. The van der Waals surface area contributed by atoms with Crippen LogP contribution in [0.1, 0.15) is 29.6 Å². The lowest BCUT2D eigenvalue weighted by Crippen LogP contribution is -2.35. The van der Waals surface area contributed by atoms with Crippen LogP contribution >= 0.6 is 0 Å². The third kappa shape index (κ3) is 3.95. The van der Waals surface area contributed by atoms with Crippen LogP contribution in [0.4, 0.5) is 5.69 Å². The molecule has 0 radical (unpaired) electrons. The van der Waals surface area contributed by atoms with Crippen LogP contribution in [-0.2, 0) is 10.0 Å². The summed E-state index contributed by atoms with van der Waals surface area (Å²) in [4.78, 5) is 14.5. The van der Waals surface area contributed by atoms with Crippen LogP contribution in [0.25, 0.3) is 0 Å². The molecule has 2 heterocycles. The zero-order chi connectivity index (χ0) is 20.4. The number of ether oxygens (including phenoxy) is 3. The molecular formula is C20H22N2O6S. The topological polar surface area (TPSA) is 94.2 Å². The number of carbonyl (C=O) groups excluding carboxylic acids is 1. The minimum Gasteiger partial charge on any atom is -0.495 e. The van der Waals surface area contributed by atoms with Crippen molar-refractivity contribution < 1.29 is 27.4 Å². The summed E-state index contributed by atoms with van der Waals surface area (Å²) >= 11 is 0. The molecule has 1 saturated heterocycles. The molecule has 1 fully saturated rings. The Balaban J connectivity index is 1.63. The summed E-state index contributed by atoms with van der Waals surface area (Å²) in [6.45, 7) is 1.46. The third-order valence-corrected chi connectivity index (χ3v) is 6.37. The monoisotopic (exact) mass is 418 g/mol. The second kappa shape index (κ2) is 7.82. The van der Waals surface area contributed by atoms with Crippen molar-refractivity contribution in [1.29, 1.82) is 0 Å². The maximum Gasteiger partial charge on any atom is 0.265 e. The van der Waals surface area contributed by atoms with Gasteiger partial charge in [0, 0.05) is 24.7 Å². The van der Waals surface area contributed by atoms with Gasteiger partial charge in [-0.05, 0) is 49.6 Å². The zero-order valence-electron chi connectivity index (χ0n) is 16.0. The number of benzene rings is 2. The molecule has 2 aliphatic rings. The highest BCUT2D eigenvalue weighted by molar-refractivity contribution is 7.92. The predicted molar refractivity (Wildman–Crippen MR) is 106 cm³/mol. The molecule has 0 aliphatic carbocycles. The van der Waals surface area contributed by atoms with E-state index in [1.54, 1.807) is 29.2 Å². The number of methoxy groups -OCH3 is 1. The molecule has 154 valence electrons. The number of anilines is 1. The van der Waals surface area contributed by atoms with Crippen LogP contribution in [0.3, 0.4) is 0 Å². The van der Waals surface area contributed by atoms with E-state index in [9.17, 15) is 13.2 Å². The Kier molecular flexibility index (Phi) is 5.23. The molecule has 9 heteroatoms. The highest BCUT2D eigenvalue weighted by Gasteiger charge is 2.25. The van der Waals surface area contributed by atoms with Crippen molar-refractivity contribution in [2.45, 2.75) is 24.2 Å². The first-order valence-corrected chi connectivity index (χ1v) is 10.9. The molecule has 0 spiro atoms. The van der Waals surface area contributed by atoms with Crippen molar-refractivity contribution in [1.82, 2.24) is 4.90 Å². The summed E-state index contributed by atoms with van der Waals surface area (Å²) in [5.74, 6) is 1.01. The van der Waals surface area contributed by atoms with E-state index in [-0.39, 0.29) is 23.3 Å². The number of carbonyl (C=O) groups is 1. The summed E-state index contributed by atoms with van der Waals surface area (Å²) in [6, 6.07) is 9.23. The minimum absolute atomic E-state index is 0.0967. The maximum atomic E-state index is 13.0. The predicted octanol–water partition coefficient (Wildman–Crippen LogP) is 2.85. The van der Waals surface area contributed by atoms with Crippen LogP contribution in [0.5, 0.6) is 17.2 Å². The lowest BCUT2D eigenvalue weighted by molar-refractivity contribution is 0.0724. The molecule has 2 aromatic rings. The molecule has 8 nitrogen and oxygen atoms in total. The third-order valence-electron chi connectivity index (χ3n) is 4.97. The fraction of sp³-hybridized carbons (Fsp3) is 0.350. The molecule has 0 saturated carbocycles. The average molecular weight is 418 g/mol. The standard InChI is InChI=1S/C20H22N2O6S/c1-26-17-7-5-14(20(23)22-9-3-2-4-10-22)11-19(17)29(24,25)21-15-6-8-16-18(12-15)28-13-27-16/h5-8,11-12,21H,2-4,9-10,13H2,1H3. The SMILES string of the molecule is COc1ccc(C(=O)N2CCCCC2)cc1S(=O)(=O)Nc1ccc2c(c1)OCO2. The van der Waals surface area contributed by atoms with Crippen LogP contribution < -0.4 is 18.9 Å². The second-order valence-corrected chi connectivity index (χ2v) is 8.54. The zero-order valence-corrected chi connectivity index (χ0v) is 16.8. The molecule has 2 aromatic carbocycles. The number of hydrogen-bond donors (Lipinski definition) is 1. The molecule has 1 amide bonds. The highest BCUT2D eigenvalue weighted by Crippen LogP contribution is 2.35. The van der Waals surface area contributed by atoms with E-state index in [1.807, 2.05) is 0 Å². The van der Waals surface area contributed by atoms with Gasteiger partial charge in [0.2, 0.25) is 6.79 Å². The van der Waals surface area contributed by atoms with Crippen LogP contribution in [0.2, 0.25) is 0 Å². The number of fused-ring (bicyclic) bond motifs is 1. The summed E-state index contributed by atoms with van der Waals surface area (Å²) in [5, 5.41) is 0. The number of nitrogens with zero attached hydrogens (tertiary/aromatic N) is 1. The first kappa shape index (κ1) is 19.4. The fourth-order valence-corrected chi connectivity index (χ4v) is 4.72. The van der Waals surface area contributed by atoms with E-state index in [4.69, 9.17) is 14.2 Å². The number of piperidine rings is 1. The lowest BCUT2D eigenvalue weighted by atomic mass is 10.1. The molecule has 0 unspecified atom stereocenters. The average Bonchev–Trinajstić information content (AvgIpc) is 3.21.